The van der Waals surface area contributed by atoms with E-state index < -0.39 is 0 Å². The minimum atomic E-state index is -0.380. The van der Waals surface area contributed by atoms with Crippen molar-refractivity contribution in [2.75, 3.05) is 10.6 Å². The van der Waals surface area contributed by atoms with Crippen molar-refractivity contribution in [3.05, 3.63) is 46.7 Å². The Morgan fingerprint density at radius 2 is 2.03 bits per heavy atom. The van der Waals surface area contributed by atoms with Crippen LogP contribution in [0.2, 0.25) is 0 Å². The van der Waals surface area contributed by atoms with Crippen molar-refractivity contribution in [3.63, 3.8) is 0 Å². The first-order valence-corrected chi connectivity index (χ1v) is 10.7. The van der Waals surface area contributed by atoms with Crippen molar-refractivity contribution in [3.8, 4) is 0 Å². The Labute approximate surface area is 177 Å². The summed E-state index contributed by atoms with van der Waals surface area (Å²) in [6.07, 6.45) is 1.70. The topological polar surface area (TPSA) is 102 Å². The molecule has 10 heteroatoms. The lowest BCUT2D eigenvalue weighted by atomic mass is 10.1. The van der Waals surface area contributed by atoms with Crippen LogP contribution in [0.4, 0.5) is 10.8 Å². The van der Waals surface area contributed by atoms with E-state index in [1.54, 1.807) is 23.2 Å². The van der Waals surface area contributed by atoms with Crippen molar-refractivity contribution in [2.24, 2.45) is 7.05 Å². The number of thioether (sulfide) groups is 1. The molecule has 3 rings (SSSR count). The molecule has 0 saturated heterocycles. The van der Waals surface area contributed by atoms with Gasteiger partial charge in [-0.25, -0.2) is 4.98 Å². The van der Waals surface area contributed by atoms with Crippen LogP contribution in [0.25, 0.3) is 0 Å². The van der Waals surface area contributed by atoms with Gasteiger partial charge in [-0.1, -0.05) is 23.9 Å². The van der Waals surface area contributed by atoms with E-state index in [0.29, 0.717) is 16.1 Å². The summed E-state index contributed by atoms with van der Waals surface area (Å²) in [6.45, 7) is 5.76. The number of nitrogens with zero attached hydrogens (tertiary/aromatic N) is 4. The molecule has 2 heterocycles. The van der Waals surface area contributed by atoms with Gasteiger partial charge in [0.1, 0.15) is 5.82 Å². The Morgan fingerprint density at radius 3 is 2.76 bits per heavy atom. The lowest BCUT2D eigenvalue weighted by molar-refractivity contribution is -0.116. The summed E-state index contributed by atoms with van der Waals surface area (Å²) in [4.78, 5) is 28.8. The Bertz CT molecular complexity index is 1020. The zero-order valence-corrected chi connectivity index (χ0v) is 18.2. The van der Waals surface area contributed by atoms with E-state index in [9.17, 15) is 9.59 Å². The first kappa shape index (κ1) is 21.0. The molecule has 29 heavy (non-hydrogen) atoms. The number of hydrogen-bond donors (Lipinski definition) is 2. The Kier molecular flexibility index (Phi) is 6.65. The average molecular weight is 431 g/mol. The van der Waals surface area contributed by atoms with E-state index in [4.69, 9.17) is 0 Å². The van der Waals surface area contributed by atoms with Gasteiger partial charge in [0.15, 0.2) is 10.3 Å². The van der Waals surface area contributed by atoms with Gasteiger partial charge in [-0.05, 0) is 38.0 Å². The number of rotatable bonds is 7. The third-order valence-corrected chi connectivity index (χ3v) is 6.05. The van der Waals surface area contributed by atoms with Crippen molar-refractivity contribution < 1.29 is 9.59 Å². The molecule has 0 aliphatic heterocycles. The first-order valence-electron chi connectivity index (χ1n) is 8.96. The summed E-state index contributed by atoms with van der Waals surface area (Å²) < 4.78 is 1.73. The van der Waals surface area contributed by atoms with E-state index in [1.165, 1.54) is 23.1 Å². The van der Waals surface area contributed by atoms with Gasteiger partial charge in [-0.15, -0.1) is 21.5 Å². The third-order valence-electron chi connectivity index (χ3n) is 4.22. The number of carbonyl (C=O) groups excluding carboxylic acids is 2. The molecule has 152 valence electrons. The number of thiazole rings is 1. The average Bonchev–Trinajstić information content (AvgIpc) is 3.29. The molecule has 0 bridgehead atoms. The first-order chi connectivity index (χ1) is 13.8. The molecule has 0 radical (unpaired) electrons. The highest BCUT2D eigenvalue weighted by molar-refractivity contribution is 8.00. The number of amides is 2. The molecule has 1 atom stereocenters. The van der Waals surface area contributed by atoms with E-state index in [1.807, 2.05) is 39.0 Å². The Balaban J connectivity index is 1.60. The fourth-order valence-corrected chi connectivity index (χ4v) is 3.89. The molecular formula is C19H22N6O2S2. The number of nitrogens with one attached hydrogen (secondary N) is 2. The maximum Gasteiger partial charge on any atom is 0.237 e. The van der Waals surface area contributed by atoms with Crippen molar-refractivity contribution in [1.29, 1.82) is 0 Å². The smallest absolute Gasteiger partial charge is 0.237 e. The molecule has 0 spiro atoms. The number of hydrogen-bond acceptors (Lipinski definition) is 7. The summed E-state index contributed by atoms with van der Waals surface area (Å²) in [7, 11) is 1.78. The molecule has 3 aromatic rings. The lowest BCUT2D eigenvalue weighted by Crippen LogP contribution is -2.23. The van der Waals surface area contributed by atoms with Crippen LogP contribution in [-0.4, -0.2) is 36.8 Å². The molecule has 0 saturated carbocycles. The fourth-order valence-electron chi connectivity index (χ4n) is 2.51. The Hall–Kier alpha value is -2.72. The Morgan fingerprint density at radius 1 is 1.24 bits per heavy atom. The van der Waals surface area contributed by atoms with Crippen molar-refractivity contribution in [2.45, 2.75) is 37.6 Å². The molecule has 0 fully saturated rings. The van der Waals surface area contributed by atoms with E-state index in [0.717, 1.165) is 16.8 Å². The van der Waals surface area contributed by atoms with Gasteiger partial charge >= 0.3 is 0 Å². The molecule has 2 N–H and O–H groups in total. The molecule has 0 aliphatic rings. The van der Waals surface area contributed by atoms with E-state index in [2.05, 4.69) is 25.8 Å². The maximum atomic E-state index is 12.6. The highest BCUT2D eigenvalue weighted by Crippen LogP contribution is 2.24. The van der Waals surface area contributed by atoms with Gasteiger partial charge < -0.3 is 15.2 Å². The number of aromatic nitrogens is 4. The predicted molar refractivity (Wildman–Crippen MR) is 115 cm³/mol. The number of anilines is 2. The zero-order chi connectivity index (χ0) is 21.0. The van der Waals surface area contributed by atoms with Crippen LogP contribution in [0.5, 0.6) is 0 Å². The van der Waals surface area contributed by atoms with Gasteiger partial charge in [0.05, 0.1) is 11.7 Å². The molecule has 1 aromatic carbocycles. The van der Waals surface area contributed by atoms with Crippen LogP contribution in [-0.2, 0) is 23.1 Å². The number of carbonyl (C=O) groups is 2. The van der Waals surface area contributed by atoms with Crippen LogP contribution >= 0.6 is 23.1 Å². The standard InChI is InChI=1S/C19H22N6O2S2/c1-11-5-6-12(2)14(9-11)21-17(27)13(3)29-19-24-23-15(25(19)4)10-16(26)22-18-20-7-8-28-18/h5-9,13H,10H2,1-4H3,(H,21,27)(H,20,22,26). The quantitative estimate of drug-likeness (QED) is 0.558. The molecule has 2 aromatic heterocycles. The van der Waals surface area contributed by atoms with Crippen LogP contribution in [0.3, 0.4) is 0 Å². The van der Waals surface area contributed by atoms with Crippen LogP contribution in [0.15, 0.2) is 34.9 Å². The van der Waals surface area contributed by atoms with Gasteiger partial charge in [-0.3, -0.25) is 9.59 Å². The summed E-state index contributed by atoms with van der Waals surface area (Å²) >= 11 is 2.65. The molecule has 1 unspecified atom stereocenters. The van der Waals surface area contributed by atoms with E-state index >= 15 is 0 Å². The van der Waals surface area contributed by atoms with Gasteiger partial charge in [0.2, 0.25) is 11.8 Å². The van der Waals surface area contributed by atoms with Crippen molar-refractivity contribution >= 4 is 45.7 Å². The highest BCUT2D eigenvalue weighted by Gasteiger charge is 2.20. The SMILES string of the molecule is Cc1ccc(C)c(NC(=O)C(C)Sc2nnc(CC(=O)Nc3nccs3)n2C)c1. The van der Waals surface area contributed by atoms with Crippen LogP contribution in [0.1, 0.15) is 23.9 Å². The lowest BCUT2D eigenvalue weighted by Gasteiger charge is -2.13. The summed E-state index contributed by atoms with van der Waals surface area (Å²) in [6, 6.07) is 5.94. The van der Waals surface area contributed by atoms with E-state index in [-0.39, 0.29) is 23.5 Å². The van der Waals surface area contributed by atoms with Crippen LogP contribution in [0, 0.1) is 13.8 Å². The fraction of sp³-hybridized carbons (Fsp3) is 0.316. The molecule has 2 amide bonds. The number of aryl methyl sites for hydroxylation is 2. The van der Waals surface area contributed by atoms with Gasteiger partial charge in [0.25, 0.3) is 0 Å². The van der Waals surface area contributed by atoms with Gasteiger partial charge in [0, 0.05) is 24.3 Å². The van der Waals surface area contributed by atoms with Gasteiger partial charge in [-0.2, -0.15) is 0 Å². The zero-order valence-electron chi connectivity index (χ0n) is 16.6. The summed E-state index contributed by atoms with van der Waals surface area (Å²) in [5.41, 5.74) is 2.90. The molecular weight excluding hydrogens is 408 g/mol. The van der Waals surface area contributed by atoms with Crippen molar-refractivity contribution in [1.82, 2.24) is 19.7 Å². The maximum absolute atomic E-state index is 12.6. The second-order valence-corrected chi connectivity index (χ2v) is 8.79. The molecule has 8 nitrogen and oxygen atoms in total. The number of benzene rings is 1. The van der Waals surface area contributed by atoms with Crippen LogP contribution < -0.4 is 10.6 Å². The minimum absolute atomic E-state index is 0.0761. The summed E-state index contributed by atoms with van der Waals surface area (Å²) in [5.74, 6) is 0.186. The third kappa shape index (κ3) is 5.42. The second kappa shape index (κ2) is 9.19. The largest absolute Gasteiger partial charge is 0.325 e. The highest BCUT2D eigenvalue weighted by atomic mass is 32.2. The minimum Gasteiger partial charge on any atom is -0.325 e. The normalized spacial score (nSPS) is 11.9. The molecule has 0 aliphatic carbocycles. The second-order valence-electron chi connectivity index (χ2n) is 6.59. The summed E-state index contributed by atoms with van der Waals surface area (Å²) in [5, 5.41) is 16.4. The predicted octanol–water partition coefficient (Wildman–Crippen LogP) is 3.19. The monoisotopic (exact) mass is 430 g/mol.